The summed E-state index contributed by atoms with van der Waals surface area (Å²) in [6.07, 6.45) is -0.355. The maximum atomic E-state index is 13.2. The fourth-order valence-corrected chi connectivity index (χ4v) is 4.56. The Hall–Kier alpha value is -2.25. The first kappa shape index (κ1) is 23.0. The lowest BCUT2D eigenvalue weighted by atomic mass is 10.1. The summed E-state index contributed by atoms with van der Waals surface area (Å²) in [5.41, 5.74) is 0.170. The maximum Gasteiger partial charge on any atom is 0.349 e. The van der Waals surface area contributed by atoms with Crippen molar-refractivity contribution in [1.29, 1.82) is 0 Å². The molecule has 0 saturated heterocycles. The van der Waals surface area contributed by atoms with Gasteiger partial charge in [-0.05, 0) is 31.5 Å². The van der Waals surface area contributed by atoms with Crippen molar-refractivity contribution in [2.75, 3.05) is 19.5 Å². The molecule has 0 N–H and O–H groups in total. The minimum atomic E-state index is -3.64. The van der Waals surface area contributed by atoms with E-state index in [2.05, 4.69) is 0 Å². The highest BCUT2D eigenvalue weighted by atomic mass is 35.5. The first-order valence-corrected chi connectivity index (χ1v) is 11.1. The van der Waals surface area contributed by atoms with Crippen LogP contribution in [0.15, 0.2) is 48.5 Å². The average molecular weight is 441 g/mol. The van der Waals surface area contributed by atoms with Crippen LogP contribution in [0.3, 0.4) is 0 Å². The zero-order valence-electron chi connectivity index (χ0n) is 16.1. The molecule has 2 rings (SSSR count). The highest BCUT2D eigenvalue weighted by molar-refractivity contribution is 7.53. The van der Waals surface area contributed by atoms with E-state index in [4.69, 9.17) is 20.6 Å². The first-order chi connectivity index (χ1) is 13.8. The Kier molecular flexibility index (Phi) is 8.34. The number of nitrogens with zero attached hydrogens (tertiary/aromatic N) is 2. The van der Waals surface area contributed by atoms with E-state index in [0.29, 0.717) is 0 Å². The fourth-order valence-electron chi connectivity index (χ4n) is 2.72. The second-order valence-electron chi connectivity index (χ2n) is 6.00. The van der Waals surface area contributed by atoms with Crippen LogP contribution in [0.2, 0.25) is 5.02 Å². The van der Waals surface area contributed by atoms with Gasteiger partial charge in [0.05, 0.1) is 18.1 Å². The summed E-state index contributed by atoms with van der Waals surface area (Å²) in [7, 11) is -3.64. The van der Waals surface area contributed by atoms with Crippen LogP contribution in [-0.4, -0.2) is 35.2 Å². The molecule has 0 unspecified atom stereocenters. The Morgan fingerprint density at radius 2 is 1.76 bits per heavy atom. The van der Waals surface area contributed by atoms with Gasteiger partial charge in [-0.3, -0.25) is 19.5 Å². The highest BCUT2D eigenvalue weighted by Gasteiger charge is 2.33. The third kappa shape index (κ3) is 6.37. The lowest BCUT2D eigenvalue weighted by Crippen LogP contribution is -2.32. The molecule has 0 fully saturated rings. The Morgan fingerprint density at radius 3 is 2.31 bits per heavy atom. The van der Waals surface area contributed by atoms with Gasteiger partial charge in [-0.15, -0.1) is 0 Å². The van der Waals surface area contributed by atoms with Gasteiger partial charge in [-0.2, -0.15) is 0 Å². The predicted molar refractivity (Wildman–Crippen MR) is 110 cm³/mol. The molecule has 0 saturated carbocycles. The van der Waals surface area contributed by atoms with Crippen molar-refractivity contribution in [2.24, 2.45) is 0 Å². The van der Waals surface area contributed by atoms with Crippen LogP contribution in [0.4, 0.5) is 5.69 Å². The fraction of sp³-hybridized carbons (Fsp3) is 0.316. The van der Waals surface area contributed by atoms with Crippen molar-refractivity contribution in [1.82, 2.24) is 4.90 Å². The van der Waals surface area contributed by atoms with E-state index in [-0.39, 0.29) is 42.3 Å². The van der Waals surface area contributed by atoms with E-state index < -0.39 is 18.4 Å². The lowest BCUT2D eigenvalue weighted by molar-refractivity contribution is -0.385. The molecule has 0 bridgehead atoms. The SMILES string of the molecule is CCOP(=O)(CN(Cc1ccccc1)C(=O)c1cc(Cl)ccc1[N+](=O)[O-])OCC. The van der Waals surface area contributed by atoms with Crippen LogP contribution in [0.1, 0.15) is 29.8 Å². The summed E-state index contributed by atoms with van der Waals surface area (Å²) in [5, 5.41) is 11.6. The Morgan fingerprint density at radius 1 is 1.14 bits per heavy atom. The number of rotatable bonds is 10. The van der Waals surface area contributed by atoms with Gasteiger partial charge in [0, 0.05) is 17.6 Å². The van der Waals surface area contributed by atoms with E-state index in [0.717, 1.165) is 5.56 Å². The molecule has 2 aromatic rings. The summed E-state index contributed by atoms with van der Waals surface area (Å²) in [6, 6.07) is 12.7. The summed E-state index contributed by atoms with van der Waals surface area (Å²) in [6.45, 7) is 3.64. The first-order valence-electron chi connectivity index (χ1n) is 8.95. The molecular weight excluding hydrogens is 419 g/mol. The number of benzene rings is 2. The number of carbonyl (C=O) groups excluding carboxylic acids is 1. The summed E-state index contributed by atoms with van der Waals surface area (Å²) in [5.74, 6) is -0.692. The minimum absolute atomic E-state index is 0.0630. The summed E-state index contributed by atoms with van der Waals surface area (Å²) in [4.78, 5) is 25.2. The molecule has 0 heterocycles. The van der Waals surface area contributed by atoms with E-state index in [1.54, 1.807) is 38.1 Å². The van der Waals surface area contributed by atoms with Gasteiger partial charge in [0.2, 0.25) is 0 Å². The summed E-state index contributed by atoms with van der Waals surface area (Å²) >= 11 is 5.97. The molecule has 0 atom stereocenters. The third-order valence-electron chi connectivity index (χ3n) is 3.88. The Bertz CT molecular complexity index is 899. The molecule has 0 radical (unpaired) electrons. The van der Waals surface area contributed by atoms with Crippen molar-refractivity contribution < 1.29 is 23.3 Å². The van der Waals surface area contributed by atoms with Crippen molar-refractivity contribution in [3.05, 3.63) is 74.8 Å². The number of amides is 1. The topological polar surface area (TPSA) is 99.0 Å². The van der Waals surface area contributed by atoms with Crippen molar-refractivity contribution in [3.8, 4) is 0 Å². The second-order valence-corrected chi connectivity index (χ2v) is 8.45. The van der Waals surface area contributed by atoms with Crippen molar-refractivity contribution in [3.63, 3.8) is 0 Å². The van der Waals surface area contributed by atoms with Crippen LogP contribution < -0.4 is 0 Å². The molecule has 8 nitrogen and oxygen atoms in total. The zero-order chi connectivity index (χ0) is 21.4. The zero-order valence-corrected chi connectivity index (χ0v) is 17.8. The molecule has 2 aromatic carbocycles. The molecule has 10 heteroatoms. The largest absolute Gasteiger partial charge is 0.349 e. The maximum absolute atomic E-state index is 13.2. The lowest BCUT2D eigenvalue weighted by Gasteiger charge is -2.27. The standard InChI is InChI=1S/C19H22ClN2O6P/c1-3-27-29(26,28-4-2)14-21(13-15-8-6-5-7-9-15)19(23)17-12-16(20)10-11-18(17)22(24)25/h5-12H,3-4,13-14H2,1-2H3. The number of nitro benzene ring substituents is 1. The molecule has 0 aromatic heterocycles. The van der Waals surface area contributed by atoms with Gasteiger partial charge in [0.15, 0.2) is 0 Å². The third-order valence-corrected chi connectivity index (χ3v) is 6.11. The van der Waals surface area contributed by atoms with Gasteiger partial charge in [-0.25, -0.2) is 0 Å². The van der Waals surface area contributed by atoms with Crippen LogP contribution >= 0.6 is 19.2 Å². The molecule has 156 valence electrons. The molecule has 0 aliphatic heterocycles. The van der Waals surface area contributed by atoms with Gasteiger partial charge < -0.3 is 13.9 Å². The smallest absolute Gasteiger partial charge is 0.322 e. The van der Waals surface area contributed by atoms with Crippen molar-refractivity contribution in [2.45, 2.75) is 20.4 Å². The van der Waals surface area contributed by atoms with Crippen LogP contribution in [0.5, 0.6) is 0 Å². The second kappa shape index (κ2) is 10.5. The van der Waals surface area contributed by atoms with Crippen LogP contribution in [0, 0.1) is 10.1 Å². The monoisotopic (exact) mass is 440 g/mol. The highest BCUT2D eigenvalue weighted by Crippen LogP contribution is 2.49. The molecule has 0 spiro atoms. The van der Waals surface area contributed by atoms with Gasteiger partial charge in [0.1, 0.15) is 11.8 Å². The van der Waals surface area contributed by atoms with E-state index in [9.17, 15) is 19.5 Å². The number of nitro groups is 1. The average Bonchev–Trinajstić information content (AvgIpc) is 2.67. The van der Waals surface area contributed by atoms with Crippen LogP contribution in [-0.2, 0) is 20.2 Å². The normalized spacial score (nSPS) is 11.3. The molecule has 0 aliphatic rings. The minimum Gasteiger partial charge on any atom is -0.322 e. The van der Waals surface area contributed by atoms with E-state index in [1.807, 2.05) is 6.07 Å². The molecular formula is C19H22ClN2O6P. The quantitative estimate of drug-likeness (QED) is 0.289. The van der Waals surface area contributed by atoms with Crippen molar-refractivity contribution >= 4 is 30.8 Å². The van der Waals surface area contributed by atoms with Crippen LogP contribution in [0.25, 0.3) is 0 Å². The number of carbonyl (C=O) groups is 1. The number of hydrogen-bond acceptors (Lipinski definition) is 6. The molecule has 0 aliphatic carbocycles. The van der Waals surface area contributed by atoms with Gasteiger partial charge in [-0.1, -0.05) is 41.9 Å². The predicted octanol–water partition coefficient (Wildman–Crippen LogP) is 5.11. The molecule has 29 heavy (non-hydrogen) atoms. The number of halogens is 1. The van der Waals surface area contributed by atoms with E-state index >= 15 is 0 Å². The van der Waals surface area contributed by atoms with Gasteiger partial charge >= 0.3 is 7.60 Å². The van der Waals surface area contributed by atoms with E-state index in [1.165, 1.54) is 23.1 Å². The van der Waals surface area contributed by atoms with Gasteiger partial charge in [0.25, 0.3) is 11.6 Å². The Balaban J connectivity index is 2.46. The number of hydrogen-bond donors (Lipinski definition) is 0. The Labute approximate surface area is 174 Å². The molecule has 1 amide bonds. The summed E-state index contributed by atoms with van der Waals surface area (Å²) < 4.78 is 23.6.